The molecule has 82 valence electrons. The highest BCUT2D eigenvalue weighted by molar-refractivity contribution is 5.48. The van der Waals surface area contributed by atoms with Gasteiger partial charge in [0, 0.05) is 6.42 Å². The van der Waals surface area contributed by atoms with Gasteiger partial charge in [0.1, 0.15) is 17.3 Å². The Hall–Kier alpha value is -2.04. The van der Waals surface area contributed by atoms with Crippen LogP contribution in [-0.4, -0.2) is 25.5 Å². The minimum atomic E-state index is -1.01. The third-order valence-electron chi connectivity index (χ3n) is 1.98. The van der Waals surface area contributed by atoms with E-state index in [4.69, 9.17) is 10.2 Å². The summed E-state index contributed by atoms with van der Waals surface area (Å²) in [6, 6.07) is 2.08. The van der Waals surface area contributed by atoms with Crippen LogP contribution in [-0.2, 0) is 0 Å². The fourth-order valence-electron chi connectivity index (χ4n) is 1.21. The number of hydrogen-bond donors (Lipinski definition) is 5. The van der Waals surface area contributed by atoms with Crippen molar-refractivity contribution in [3.63, 3.8) is 0 Å². The molecule has 0 aromatic heterocycles. The molecule has 0 atom stereocenters. The van der Waals surface area contributed by atoms with Gasteiger partial charge in [-0.25, -0.2) is 0 Å². The lowest BCUT2D eigenvalue weighted by Gasteiger charge is -2.01. The average Bonchev–Trinajstić information content (AvgIpc) is 2.16. The predicted octanol–water partition coefficient (Wildman–Crippen LogP) is 0.356. The maximum atomic E-state index is 9.45. The first-order valence-corrected chi connectivity index (χ1v) is 4.33. The summed E-state index contributed by atoms with van der Waals surface area (Å²) in [6.07, 6.45) is 0.245. The number of aliphatic hydroxyl groups excluding tert-OH is 2. The molecule has 0 unspecified atom stereocenters. The third-order valence-corrected chi connectivity index (χ3v) is 1.98. The van der Waals surface area contributed by atoms with E-state index in [2.05, 4.69) is 0 Å². The van der Waals surface area contributed by atoms with Crippen molar-refractivity contribution in [2.24, 2.45) is 0 Å². The smallest absolute Gasteiger partial charge is 0.281 e. The van der Waals surface area contributed by atoms with Crippen LogP contribution in [0.2, 0.25) is 0 Å². The van der Waals surface area contributed by atoms with E-state index in [-0.39, 0.29) is 22.6 Å². The molecule has 0 amide bonds. The first-order valence-electron chi connectivity index (χ1n) is 4.33. The van der Waals surface area contributed by atoms with E-state index < -0.39 is 17.4 Å². The Morgan fingerprint density at radius 2 is 1.53 bits per heavy atom. The summed E-state index contributed by atoms with van der Waals surface area (Å²) in [5.41, 5.74) is 0. The van der Waals surface area contributed by atoms with E-state index in [0.29, 0.717) is 0 Å². The molecule has 0 heterocycles. The van der Waals surface area contributed by atoms with Crippen LogP contribution in [0.15, 0.2) is 12.1 Å². The maximum Gasteiger partial charge on any atom is 0.281 e. The minimum Gasteiger partial charge on any atom is -0.511 e. The Morgan fingerprint density at radius 3 is 1.87 bits per heavy atom. The Labute approximate surface area is 85.5 Å². The lowest BCUT2D eigenvalue weighted by molar-refractivity contribution is 0.297. The zero-order chi connectivity index (χ0) is 11.6. The standard InChI is InChI=1S/C10H12O5/c1-2-6(11)9-7(12)3-5(10(14)15)4-8(9)13/h3-4,11-15H,2H2,1H3. The summed E-state index contributed by atoms with van der Waals surface area (Å²) < 4.78 is 0. The average molecular weight is 212 g/mol. The third kappa shape index (κ3) is 2.07. The van der Waals surface area contributed by atoms with Crippen molar-refractivity contribution >= 4 is 11.7 Å². The summed E-state index contributed by atoms with van der Waals surface area (Å²) in [4.78, 5) is 0. The van der Waals surface area contributed by atoms with Crippen molar-refractivity contribution in [1.82, 2.24) is 0 Å². The Balaban J connectivity index is 3.71. The van der Waals surface area contributed by atoms with E-state index in [1.807, 2.05) is 0 Å². The molecule has 5 heteroatoms. The van der Waals surface area contributed by atoms with Gasteiger partial charge in [0.2, 0.25) is 0 Å². The molecule has 5 nitrogen and oxygen atoms in total. The van der Waals surface area contributed by atoms with Gasteiger partial charge in [0.05, 0.1) is 10.4 Å². The minimum absolute atomic E-state index is 0.0949. The van der Waals surface area contributed by atoms with Gasteiger partial charge in [0.25, 0.3) is 5.95 Å². The molecular weight excluding hydrogens is 200 g/mol. The van der Waals surface area contributed by atoms with Crippen molar-refractivity contribution < 1.29 is 25.5 Å². The molecule has 0 saturated carbocycles. The topological polar surface area (TPSA) is 101 Å². The zero-order valence-corrected chi connectivity index (χ0v) is 8.10. The highest BCUT2D eigenvalue weighted by Gasteiger charge is 2.06. The summed E-state index contributed by atoms with van der Waals surface area (Å²) in [5, 5.41) is 45.5. The zero-order valence-electron chi connectivity index (χ0n) is 8.10. The van der Waals surface area contributed by atoms with Crippen LogP contribution in [0.5, 0.6) is 11.5 Å². The molecular formula is C10H12O5. The number of hydrogen-bond acceptors (Lipinski definition) is 5. The fraction of sp³-hybridized carbons (Fsp3) is 0.200. The Morgan fingerprint density at radius 1 is 1.07 bits per heavy atom. The largest absolute Gasteiger partial charge is 0.511 e. The van der Waals surface area contributed by atoms with Gasteiger partial charge in [-0.15, -0.1) is 0 Å². The van der Waals surface area contributed by atoms with Crippen LogP contribution in [0.25, 0.3) is 11.7 Å². The second kappa shape index (κ2) is 4.00. The van der Waals surface area contributed by atoms with Gasteiger partial charge in [-0.2, -0.15) is 0 Å². The molecule has 15 heavy (non-hydrogen) atoms. The molecule has 0 radical (unpaired) electrons. The van der Waals surface area contributed by atoms with E-state index in [1.54, 1.807) is 6.92 Å². The molecule has 0 fully saturated rings. The molecule has 0 bridgehead atoms. The van der Waals surface area contributed by atoms with E-state index in [0.717, 1.165) is 12.1 Å². The van der Waals surface area contributed by atoms with Crippen LogP contribution < -0.4 is 10.4 Å². The van der Waals surface area contributed by atoms with E-state index in [1.165, 1.54) is 0 Å². The normalized spacial score (nSPS) is 9.93. The van der Waals surface area contributed by atoms with Gasteiger partial charge >= 0.3 is 0 Å². The number of phenolic OH excluding ortho intramolecular Hbond substituents is 2. The fourth-order valence-corrected chi connectivity index (χ4v) is 1.21. The van der Waals surface area contributed by atoms with E-state index in [9.17, 15) is 15.3 Å². The first kappa shape index (κ1) is 11.0. The van der Waals surface area contributed by atoms with Gasteiger partial charge in [0.15, 0.2) is 0 Å². The molecule has 0 aliphatic heterocycles. The van der Waals surface area contributed by atoms with Crippen molar-refractivity contribution in [3.8, 4) is 11.5 Å². The van der Waals surface area contributed by atoms with Crippen LogP contribution in [0, 0.1) is 0 Å². The van der Waals surface area contributed by atoms with Gasteiger partial charge in [-0.3, -0.25) is 0 Å². The van der Waals surface area contributed by atoms with Crippen LogP contribution in [0.4, 0.5) is 0 Å². The number of aromatic hydroxyl groups is 2. The summed E-state index contributed by atoms with van der Waals surface area (Å²) in [5.74, 6) is -2.01. The number of aliphatic hydroxyl groups is 3. The van der Waals surface area contributed by atoms with Crippen LogP contribution in [0.3, 0.4) is 0 Å². The lowest BCUT2D eigenvalue weighted by Crippen LogP contribution is -2.14. The summed E-state index contributed by atoms with van der Waals surface area (Å²) >= 11 is 0. The summed E-state index contributed by atoms with van der Waals surface area (Å²) in [7, 11) is 0. The van der Waals surface area contributed by atoms with Crippen LogP contribution in [0.1, 0.15) is 13.3 Å². The van der Waals surface area contributed by atoms with Gasteiger partial charge in [-0.1, -0.05) is 6.92 Å². The number of phenols is 2. The second-order valence-corrected chi connectivity index (χ2v) is 3.01. The lowest BCUT2D eigenvalue weighted by atomic mass is 10.2. The van der Waals surface area contributed by atoms with Crippen molar-refractivity contribution in [1.29, 1.82) is 0 Å². The number of rotatable bonds is 1. The maximum absolute atomic E-state index is 9.45. The molecule has 1 aromatic carbocycles. The quantitative estimate of drug-likeness (QED) is 0.462. The van der Waals surface area contributed by atoms with Crippen molar-refractivity contribution in [3.05, 3.63) is 22.6 Å². The predicted molar refractivity (Wildman–Crippen MR) is 54.0 cm³/mol. The van der Waals surface area contributed by atoms with Gasteiger partial charge < -0.3 is 25.5 Å². The Kier molecular flexibility index (Phi) is 2.94. The number of benzene rings is 1. The Bertz CT molecular complexity index is 456. The molecule has 0 aliphatic rings. The molecule has 0 aliphatic carbocycles. The molecule has 0 saturated heterocycles. The SMILES string of the molecule is CCC(O)=c1c(O)cc(=C(O)O)cc1O. The van der Waals surface area contributed by atoms with E-state index >= 15 is 0 Å². The van der Waals surface area contributed by atoms with Crippen molar-refractivity contribution in [2.75, 3.05) is 0 Å². The second-order valence-electron chi connectivity index (χ2n) is 3.01. The van der Waals surface area contributed by atoms with Crippen molar-refractivity contribution in [2.45, 2.75) is 13.3 Å². The monoisotopic (exact) mass is 212 g/mol. The highest BCUT2D eigenvalue weighted by atomic mass is 16.5. The highest BCUT2D eigenvalue weighted by Crippen LogP contribution is 2.08. The molecule has 1 aromatic rings. The molecule has 0 spiro atoms. The van der Waals surface area contributed by atoms with Gasteiger partial charge in [-0.05, 0) is 12.1 Å². The first-order chi connectivity index (χ1) is 6.97. The molecule has 5 N–H and O–H groups in total. The molecule has 1 rings (SSSR count). The van der Waals surface area contributed by atoms with Crippen LogP contribution >= 0.6 is 0 Å². The summed E-state index contributed by atoms with van der Waals surface area (Å²) in [6.45, 7) is 1.65.